The number of likely N-dealkylation sites (N-methyl/N-ethyl adjacent to an activating group) is 1. The van der Waals surface area contributed by atoms with Gasteiger partial charge in [0.05, 0.1) is 31.3 Å². The lowest BCUT2D eigenvalue weighted by molar-refractivity contribution is -0.330. The molecular formula is C26H49N7O13. The van der Waals surface area contributed by atoms with Crippen LogP contribution in [0.3, 0.4) is 0 Å². The molecule has 4 aliphatic rings. The summed E-state index contributed by atoms with van der Waals surface area (Å²) in [5.74, 6) is -1.19. The van der Waals surface area contributed by atoms with E-state index in [2.05, 4.69) is 20.9 Å². The molecule has 0 spiro atoms. The summed E-state index contributed by atoms with van der Waals surface area (Å²) in [6.07, 6.45) is -15.2. The van der Waals surface area contributed by atoms with E-state index in [0.717, 1.165) is 0 Å². The van der Waals surface area contributed by atoms with Gasteiger partial charge in [0.15, 0.2) is 24.1 Å². The van der Waals surface area contributed by atoms with Gasteiger partial charge in [-0.15, -0.1) is 0 Å². The Bertz CT molecular complexity index is 1070. The van der Waals surface area contributed by atoms with E-state index in [1.807, 2.05) is 0 Å². The predicted octanol–water partition coefficient (Wildman–Crippen LogP) is -8.44. The highest BCUT2D eigenvalue weighted by Gasteiger charge is 2.61. The van der Waals surface area contributed by atoms with Gasteiger partial charge in [-0.05, 0) is 20.4 Å². The standard InChI is InChI=1S/C26H49N7O13/c1-25(41)8-43-21(17(39)20(25)30-2)46-19-10(32-23(40)26(42)6-12(26)33-24(28)29)5-9(27)18(16(19)38)45-22-15(37)14(36)13(35)11(44-22)7-31-3-4-34/h9-22,30-31,34-39,41-42H,3-8,27H2,1-2H3,(H,32,40)(H4,28,29,33)/t9-,10+,11+,12?,13+,14-,15+,16-,17+,18+,19-,20+,21+,22+,25-,26?/m0/s1. The minimum atomic E-state index is -1.94. The van der Waals surface area contributed by atoms with Crippen LogP contribution in [0.2, 0.25) is 0 Å². The second-order valence-electron chi connectivity index (χ2n) is 12.6. The van der Waals surface area contributed by atoms with E-state index in [0.29, 0.717) is 0 Å². The second kappa shape index (κ2) is 14.7. The fraction of sp³-hybridized carbons (Fsp3) is 0.923. The van der Waals surface area contributed by atoms with Gasteiger partial charge in [-0.1, -0.05) is 0 Å². The minimum Gasteiger partial charge on any atom is -0.395 e. The number of nitrogens with zero attached hydrogens (tertiary/aromatic N) is 1. The normalized spacial score (nSPS) is 47.6. The van der Waals surface area contributed by atoms with Gasteiger partial charge < -0.3 is 93.0 Å². The lowest BCUT2D eigenvalue weighted by Gasteiger charge is -2.49. The molecule has 1 amide bonds. The molecular weight excluding hydrogens is 618 g/mol. The highest BCUT2D eigenvalue weighted by atomic mass is 16.7. The van der Waals surface area contributed by atoms with Crippen molar-refractivity contribution in [2.24, 2.45) is 22.2 Å². The van der Waals surface area contributed by atoms with Crippen LogP contribution in [0.15, 0.2) is 4.99 Å². The van der Waals surface area contributed by atoms with Crippen LogP contribution in [0.25, 0.3) is 0 Å². The second-order valence-corrected chi connectivity index (χ2v) is 12.6. The number of carbonyl (C=O) groups is 1. The number of aliphatic hydroxyl groups excluding tert-OH is 6. The number of guanidine groups is 1. The van der Waals surface area contributed by atoms with Crippen LogP contribution in [0.1, 0.15) is 19.8 Å². The fourth-order valence-electron chi connectivity index (χ4n) is 6.24. The van der Waals surface area contributed by atoms with Crippen LogP contribution in [0.4, 0.5) is 0 Å². The number of aliphatic imine (C=N–C) groups is 1. The number of amides is 1. The smallest absolute Gasteiger partial charge is 0.254 e. The first-order valence-electron chi connectivity index (χ1n) is 15.1. The van der Waals surface area contributed by atoms with Gasteiger partial charge in [0, 0.05) is 25.6 Å². The summed E-state index contributed by atoms with van der Waals surface area (Å²) in [5.41, 5.74) is 13.7. The van der Waals surface area contributed by atoms with Crippen LogP contribution in [-0.4, -0.2) is 183 Å². The molecule has 266 valence electrons. The number of nitrogens with one attached hydrogen (secondary N) is 3. The number of nitrogens with two attached hydrogens (primary N) is 3. The van der Waals surface area contributed by atoms with Crippen LogP contribution in [-0.2, 0) is 23.7 Å². The van der Waals surface area contributed by atoms with Crippen molar-refractivity contribution in [1.82, 2.24) is 16.0 Å². The minimum absolute atomic E-state index is 0.0262. The van der Waals surface area contributed by atoms with Gasteiger partial charge >= 0.3 is 0 Å². The summed E-state index contributed by atoms with van der Waals surface area (Å²) in [4.78, 5) is 17.0. The zero-order valence-corrected chi connectivity index (χ0v) is 25.6. The molecule has 0 radical (unpaired) electrons. The van der Waals surface area contributed by atoms with Gasteiger partial charge in [0.1, 0.15) is 54.4 Å². The Hall–Kier alpha value is -1.86. The molecule has 20 heteroatoms. The molecule has 0 aromatic rings. The molecule has 20 nitrogen and oxygen atoms in total. The van der Waals surface area contributed by atoms with Crippen molar-refractivity contribution in [3.8, 4) is 0 Å². The molecule has 2 aliphatic heterocycles. The first-order chi connectivity index (χ1) is 21.5. The van der Waals surface area contributed by atoms with E-state index in [4.69, 9.17) is 41.3 Å². The van der Waals surface area contributed by atoms with Crippen molar-refractivity contribution in [3.05, 3.63) is 0 Å². The molecule has 16 atom stereocenters. The summed E-state index contributed by atoms with van der Waals surface area (Å²) in [6, 6.07) is -3.98. The number of hydrogen-bond donors (Lipinski definition) is 14. The SMILES string of the molecule is CN[C@@H]1[C@@H](O)[C@@H](O[C@@H]2[C@@H](O)[C@H](O[C@H]3O[C@H](CNCCO)[C@@H](O)[C@H](O)[C@H]3O)[C@@H](N)C[C@H]2NC(=O)C2(O)CC2N=C(N)N)OC[C@]1(C)O. The molecule has 17 N–H and O–H groups in total. The highest BCUT2D eigenvalue weighted by molar-refractivity contribution is 5.90. The summed E-state index contributed by atoms with van der Waals surface area (Å²) in [5, 5.41) is 92.8. The van der Waals surface area contributed by atoms with Crippen LogP contribution >= 0.6 is 0 Å². The maximum Gasteiger partial charge on any atom is 0.254 e. The molecule has 4 fully saturated rings. The summed E-state index contributed by atoms with van der Waals surface area (Å²) >= 11 is 0. The first kappa shape index (κ1) is 37.0. The lowest BCUT2D eigenvalue weighted by atomic mass is 9.83. The number of aliphatic hydroxyl groups is 8. The third kappa shape index (κ3) is 7.72. The zero-order valence-electron chi connectivity index (χ0n) is 25.6. The van der Waals surface area contributed by atoms with Crippen LogP contribution in [0.5, 0.6) is 0 Å². The third-order valence-corrected chi connectivity index (χ3v) is 8.95. The van der Waals surface area contributed by atoms with E-state index in [-0.39, 0.29) is 45.1 Å². The Morgan fingerprint density at radius 2 is 1.67 bits per heavy atom. The van der Waals surface area contributed by atoms with Crippen molar-refractivity contribution < 1.29 is 64.6 Å². The quantitative estimate of drug-likeness (QED) is 0.0522. The fourth-order valence-corrected chi connectivity index (χ4v) is 6.24. The van der Waals surface area contributed by atoms with Crippen molar-refractivity contribution in [2.45, 2.75) is 117 Å². The number of ether oxygens (including phenoxy) is 4. The molecule has 46 heavy (non-hydrogen) atoms. The number of hydrogen-bond acceptors (Lipinski definition) is 17. The topological polar surface area (TPSA) is 342 Å². The van der Waals surface area contributed by atoms with Crippen LogP contribution in [0, 0.1) is 0 Å². The number of carbonyl (C=O) groups excluding carboxylic acids is 1. The molecule has 0 aromatic heterocycles. The lowest BCUT2D eigenvalue weighted by Crippen LogP contribution is -2.70. The Morgan fingerprint density at radius 1 is 1.00 bits per heavy atom. The molecule has 2 saturated heterocycles. The van der Waals surface area contributed by atoms with Gasteiger partial charge in [-0.2, -0.15) is 0 Å². The van der Waals surface area contributed by atoms with Crippen molar-refractivity contribution in [1.29, 1.82) is 0 Å². The van der Waals surface area contributed by atoms with E-state index in [1.165, 1.54) is 14.0 Å². The summed E-state index contributed by atoms with van der Waals surface area (Å²) < 4.78 is 23.2. The van der Waals surface area contributed by atoms with Crippen molar-refractivity contribution in [2.75, 3.05) is 33.4 Å². The largest absolute Gasteiger partial charge is 0.395 e. The van der Waals surface area contributed by atoms with Gasteiger partial charge in [0.2, 0.25) is 0 Å². The molecule has 2 unspecified atom stereocenters. The van der Waals surface area contributed by atoms with Gasteiger partial charge in [-0.25, -0.2) is 4.99 Å². The molecule has 0 bridgehead atoms. The van der Waals surface area contributed by atoms with Gasteiger partial charge in [0.25, 0.3) is 5.91 Å². The first-order valence-corrected chi connectivity index (χ1v) is 15.1. The average Bonchev–Trinajstić information content (AvgIpc) is 3.64. The Labute approximate surface area is 264 Å². The van der Waals surface area contributed by atoms with Crippen LogP contribution < -0.4 is 33.2 Å². The maximum absolute atomic E-state index is 13.2. The molecule has 4 rings (SSSR count). The molecule has 0 aromatic carbocycles. The third-order valence-electron chi connectivity index (χ3n) is 8.95. The van der Waals surface area contributed by atoms with E-state index in [9.17, 15) is 40.5 Å². The van der Waals surface area contributed by atoms with Gasteiger partial charge in [-0.3, -0.25) is 4.79 Å². The Balaban J connectivity index is 1.55. The summed E-state index contributed by atoms with van der Waals surface area (Å²) in [7, 11) is 1.52. The molecule has 2 saturated carbocycles. The maximum atomic E-state index is 13.2. The van der Waals surface area contributed by atoms with Crippen molar-refractivity contribution >= 4 is 11.9 Å². The molecule has 2 aliphatic carbocycles. The summed E-state index contributed by atoms with van der Waals surface area (Å²) in [6.45, 7) is 1.12. The average molecular weight is 668 g/mol. The van der Waals surface area contributed by atoms with E-state index in [1.54, 1.807) is 0 Å². The zero-order chi connectivity index (χ0) is 34.1. The van der Waals surface area contributed by atoms with E-state index < -0.39 is 103 Å². The predicted molar refractivity (Wildman–Crippen MR) is 155 cm³/mol. The monoisotopic (exact) mass is 667 g/mol. The Kier molecular flexibility index (Phi) is 11.8. The number of rotatable bonds is 12. The van der Waals surface area contributed by atoms with Crippen molar-refractivity contribution in [3.63, 3.8) is 0 Å². The highest BCUT2D eigenvalue weighted by Crippen LogP contribution is 2.40. The van der Waals surface area contributed by atoms with E-state index >= 15 is 0 Å². The molecule has 2 heterocycles. The Morgan fingerprint density at radius 3 is 2.30 bits per heavy atom.